The molecule has 0 spiro atoms. The number of hydrogen-bond acceptors (Lipinski definition) is 4. The molecule has 1 unspecified atom stereocenters. The third-order valence-electron chi connectivity index (χ3n) is 7.60. The minimum atomic E-state index is -0.731. The maximum Gasteiger partial charge on any atom is 0.412 e. The Morgan fingerprint density at radius 2 is 1.52 bits per heavy atom. The number of carbonyl (C=O) groups is 1. The fraction of sp³-hybridized carbons (Fsp3) is 0.743. The number of benzene rings is 1. The quantitative estimate of drug-likeness (QED) is 0.125. The van der Waals surface area contributed by atoms with Crippen LogP contribution in [0.25, 0.3) is 0 Å². The van der Waals surface area contributed by atoms with E-state index < -0.39 is 11.3 Å². The highest BCUT2D eigenvalue weighted by molar-refractivity contribution is 5.70. The lowest BCUT2D eigenvalue weighted by molar-refractivity contribution is -0.0749. The normalized spacial score (nSPS) is 17.9. The molecule has 0 aromatic heterocycles. The molecule has 1 aliphatic heterocycles. The molecule has 1 saturated heterocycles. The van der Waals surface area contributed by atoms with Gasteiger partial charge in [-0.1, -0.05) is 107 Å². The molecule has 2 atom stereocenters. The Hall–Kier alpha value is -1.85. The maximum absolute atomic E-state index is 13.2. The zero-order chi connectivity index (χ0) is 29.3. The molecule has 1 heterocycles. The Bertz CT molecular complexity index is 830. The van der Waals surface area contributed by atoms with Gasteiger partial charge in [-0.05, 0) is 72.3 Å². The van der Waals surface area contributed by atoms with Crippen molar-refractivity contribution in [3.8, 4) is 0 Å². The maximum atomic E-state index is 13.2. The predicted molar refractivity (Wildman–Crippen MR) is 166 cm³/mol. The second-order valence-electron chi connectivity index (χ2n) is 12.9. The van der Waals surface area contributed by atoms with E-state index in [4.69, 9.17) is 14.2 Å². The van der Waals surface area contributed by atoms with Crippen LogP contribution in [0.1, 0.15) is 137 Å². The summed E-state index contributed by atoms with van der Waals surface area (Å²) in [4.78, 5) is 15.0. The molecule has 1 fully saturated rings. The van der Waals surface area contributed by atoms with Crippen molar-refractivity contribution in [2.24, 2.45) is 0 Å². The highest BCUT2D eigenvalue weighted by Gasteiger charge is 2.48. The van der Waals surface area contributed by atoms with E-state index in [0.29, 0.717) is 13.2 Å². The monoisotopic (exact) mass is 557 g/mol. The molecule has 0 N–H and O–H groups in total. The van der Waals surface area contributed by atoms with E-state index in [-0.39, 0.29) is 18.2 Å². The minimum Gasteiger partial charge on any atom is -0.444 e. The predicted octanol–water partition coefficient (Wildman–Crippen LogP) is 9.98. The summed E-state index contributed by atoms with van der Waals surface area (Å²) >= 11 is 0. The first-order chi connectivity index (χ1) is 19.1. The second kappa shape index (κ2) is 18.6. The molecular weight excluding hydrogens is 498 g/mol. The molecule has 0 saturated carbocycles. The summed E-state index contributed by atoms with van der Waals surface area (Å²) in [6, 6.07) is 10.1. The van der Waals surface area contributed by atoms with Gasteiger partial charge in [0.25, 0.3) is 0 Å². The first kappa shape index (κ1) is 34.4. The van der Waals surface area contributed by atoms with Gasteiger partial charge in [-0.3, -0.25) is 4.90 Å². The van der Waals surface area contributed by atoms with Gasteiger partial charge in [-0.15, -0.1) is 0 Å². The molecule has 1 aromatic carbocycles. The fourth-order valence-corrected chi connectivity index (χ4v) is 5.35. The molecule has 2 rings (SSSR count). The lowest BCUT2D eigenvalue weighted by Crippen LogP contribution is -2.53. The highest BCUT2D eigenvalue weighted by Crippen LogP contribution is 2.33. The van der Waals surface area contributed by atoms with Crippen molar-refractivity contribution in [1.29, 1.82) is 0 Å². The van der Waals surface area contributed by atoms with Gasteiger partial charge in [0.15, 0.2) is 0 Å². The van der Waals surface area contributed by atoms with Gasteiger partial charge in [0.05, 0.1) is 25.4 Å². The molecule has 0 bridgehead atoms. The Kier molecular flexibility index (Phi) is 15.9. The van der Waals surface area contributed by atoms with E-state index in [1.165, 1.54) is 77.0 Å². The Morgan fingerprint density at radius 3 is 2.12 bits per heavy atom. The number of amides is 1. The zero-order valence-corrected chi connectivity index (χ0v) is 26.6. The summed E-state index contributed by atoms with van der Waals surface area (Å²) < 4.78 is 18.4. The standard InChI is InChI=1S/C35H59NO4/c1-7-8-9-10-11-12-13-14-15-16-17-18-19-20-24-27-32(38-28-30-25-22-21-23-26-30)31-29-39-35(5,6)36(31)33(37)40-34(2,3)4/h12-13,21-23,25-26,31-32H,7-11,14-20,24,27-29H2,1-6H3/b13-12-/t31-,32?/m0/s1. The van der Waals surface area contributed by atoms with Gasteiger partial charge in [0.2, 0.25) is 0 Å². The average Bonchev–Trinajstić information content (AvgIpc) is 3.22. The molecule has 0 aliphatic carbocycles. The third-order valence-corrected chi connectivity index (χ3v) is 7.60. The van der Waals surface area contributed by atoms with E-state index in [1.54, 1.807) is 4.90 Å². The van der Waals surface area contributed by atoms with Crippen LogP contribution in [0.5, 0.6) is 0 Å². The number of ether oxygens (including phenoxy) is 3. The summed E-state index contributed by atoms with van der Waals surface area (Å²) in [6.07, 6.45) is 21.8. The number of allylic oxidation sites excluding steroid dienone is 2. The van der Waals surface area contributed by atoms with Crippen LogP contribution in [0.15, 0.2) is 42.5 Å². The largest absolute Gasteiger partial charge is 0.444 e. The van der Waals surface area contributed by atoms with Crippen LogP contribution in [-0.4, -0.2) is 41.1 Å². The van der Waals surface area contributed by atoms with Crippen molar-refractivity contribution >= 4 is 6.09 Å². The Labute approximate surface area is 246 Å². The molecule has 40 heavy (non-hydrogen) atoms. The molecule has 0 radical (unpaired) electrons. The lowest BCUT2D eigenvalue weighted by Gasteiger charge is -2.37. The SMILES string of the molecule is CCCCCC/C=C\CCCCCCCCCC(OCc1ccccc1)[C@@H]1COC(C)(C)N1C(=O)OC(C)(C)C. The summed E-state index contributed by atoms with van der Waals surface area (Å²) in [5.74, 6) is 0. The van der Waals surface area contributed by atoms with Crippen molar-refractivity contribution in [3.63, 3.8) is 0 Å². The second-order valence-corrected chi connectivity index (χ2v) is 12.9. The highest BCUT2D eigenvalue weighted by atomic mass is 16.6. The summed E-state index contributed by atoms with van der Waals surface area (Å²) in [7, 11) is 0. The molecule has 5 heteroatoms. The Balaban J connectivity index is 1.79. The van der Waals surface area contributed by atoms with E-state index in [9.17, 15) is 4.79 Å². The third kappa shape index (κ3) is 13.7. The van der Waals surface area contributed by atoms with Crippen molar-refractivity contribution < 1.29 is 19.0 Å². The van der Waals surface area contributed by atoms with Crippen molar-refractivity contribution in [2.75, 3.05) is 6.61 Å². The number of nitrogens with zero attached hydrogens (tertiary/aromatic N) is 1. The number of unbranched alkanes of at least 4 members (excludes halogenated alkanes) is 11. The number of rotatable bonds is 19. The van der Waals surface area contributed by atoms with E-state index in [0.717, 1.165) is 18.4 Å². The minimum absolute atomic E-state index is 0.108. The van der Waals surface area contributed by atoms with Crippen molar-refractivity contribution in [2.45, 2.75) is 162 Å². The van der Waals surface area contributed by atoms with Crippen molar-refractivity contribution in [1.82, 2.24) is 4.90 Å². The summed E-state index contributed by atoms with van der Waals surface area (Å²) in [5.41, 5.74) is -0.155. The van der Waals surface area contributed by atoms with Gasteiger partial charge >= 0.3 is 6.09 Å². The van der Waals surface area contributed by atoms with Crippen LogP contribution in [0.4, 0.5) is 4.79 Å². The van der Waals surface area contributed by atoms with Crippen LogP contribution >= 0.6 is 0 Å². The fourth-order valence-electron chi connectivity index (χ4n) is 5.35. The zero-order valence-electron chi connectivity index (χ0n) is 26.6. The van der Waals surface area contributed by atoms with Gasteiger partial charge in [-0.2, -0.15) is 0 Å². The molecule has 1 aliphatic rings. The van der Waals surface area contributed by atoms with Crippen LogP contribution in [0.2, 0.25) is 0 Å². The van der Waals surface area contributed by atoms with Gasteiger partial charge in [0, 0.05) is 0 Å². The Morgan fingerprint density at radius 1 is 0.950 bits per heavy atom. The van der Waals surface area contributed by atoms with E-state index >= 15 is 0 Å². The lowest BCUT2D eigenvalue weighted by atomic mass is 10.0. The topological polar surface area (TPSA) is 48.0 Å². The van der Waals surface area contributed by atoms with E-state index in [2.05, 4.69) is 31.2 Å². The van der Waals surface area contributed by atoms with Gasteiger partial charge in [0.1, 0.15) is 11.3 Å². The van der Waals surface area contributed by atoms with Gasteiger partial charge < -0.3 is 14.2 Å². The average molecular weight is 558 g/mol. The number of carbonyl (C=O) groups excluding carboxylic acids is 1. The van der Waals surface area contributed by atoms with E-state index in [1.807, 2.05) is 52.8 Å². The molecular formula is C35H59NO4. The van der Waals surface area contributed by atoms with Gasteiger partial charge in [-0.25, -0.2) is 4.79 Å². The molecule has 228 valence electrons. The first-order valence-electron chi connectivity index (χ1n) is 16.1. The van der Waals surface area contributed by atoms with Crippen LogP contribution in [0.3, 0.4) is 0 Å². The van der Waals surface area contributed by atoms with Crippen LogP contribution in [0, 0.1) is 0 Å². The summed E-state index contributed by atoms with van der Waals surface area (Å²) in [6.45, 7) is 12.8. The first-order valence-corrected chi connectivity index (χ1v) is 16.1. The molecule has 1 amide bonds. The van der Waals surface area contributed by atoms with Crippen LogP contribution < -0.4 is 0 Å². The number of hydrogen-bond donors (Lipinski definition) is 0. The smallest absolute Gasteiger partial charge is 0.412 e. The summed E-state index contributed by atoms with van der Waals surface area (Å²) in [5, 5.41) is 0. The molecule has 5 nitrogen and oxygen atoms in total. The molecule has 1 aromatic rings. The van der Waals surface area contributed by atoms with Crippen molar-refractivity contribution in [3.05, 3.63) is 48.0 Å². The van der Waals surface area contributed by atoms with Crippen LogP contribution in [-0.2, 0) is 20.8 Å².